The number of aromatic nitrogens is 4. The first kappa shape index (κ1) is 11.0. The molecule has 2 aromatic rings. The van der Waals surface area contributed by atoms with Crippen LogP contribution in [0.3, 0.4) is 0 Å². The smallest absolute Gasteiger partial charge is 0.450 e. The second kappa shape index (κ2) is 8.09. The first-order valence-corrected chi connectivity index (χ1v) is 2.73. The van der Waals surface area contributed by atoms with E-state index in [1.54, 1.807) is 24.8 Å². The van der Waals surface area contributed by atoms with Crippen molar-refractivity contribution in [3.05, 3.63) is 37.4 Å². The summed E-state index contributed by atoms with van der Waals surface area (Å²) in [5.74, 6) is 0. The molecule has 0 amide bonds. The molecule has 2 rings (SSSR count). The molecule has 0 bridgehead atoms. The molecule has 0 saturated carbocycles. The average molecular weight is 271 g/mol. The van der Waals surface area contributed by atoms with Crippen LogP contribution in [0.2, 0.25) is 0 Å². The molecule has 2 heterocycles. The number of hydrogen-bond donors (Lipinski definition) is 0. The molecule has 0 saturated heterocycles. The molecule has 0 unspecified atom stereocenters. The van der Waals surface area contributed by atoms with E-state index < -0.39 is 0 Å². The van der Waals surface area contributed by atoms with Crippen LogP contribution < -0.4 is 9.97 Å². The molecule has 2 aromatic heterocycles. The molecule has 11 heavy (non-hydrogen) atoms. The Morgan fingerprint density at radius 2 is 1.27 bits per heavy atom. The standard InChI is InChI=1S/2C3H3N2.Ba/c2*1-2-5-3-4-1;/h2*1-3H;/q2*-1;+2. The monoisotopic (exact) mass is 272 g/mol. The predicted octanol–water partition coefficient (Wildman–Crippen LogP) is -0.303. The van der Waals surface area contributed by atoms with Gasteiger partial charge in [0.1, 0.15) is 0 Å². The summed E-state index contributed by atoms with van der Waals surface area (Å²) >= 11 is 0. The first-order valence-electron chi connectivity index (χ1n) is 2.73. The van der Waals surface area contributed by atoms with Gasteiger partial charge in [-0.15, -0.1) is 0 Å². The molecule has 0 atom stereocenters. The van der Waals surface area contributed by atoms with Gasteiger partial charge in [0.05, 0.1) is 0 Å². The van der Waals surface area contributed by atoms with E-state index in [0.29, 0.717) is 0 Å². The molecule has 0 aliphatic rings. The third-order valence-electron chi connectivity index (χ3n) is 0.744. The van der Waals surface area contributed by atoms with Gasteiger partial charge in [0, 0.05) is 0 Å². The van der Waals surface area contributed by atoms with Gasteiger partial charge in [0.25, 0.3) is 0 Å². The topological polar surface area (TPSA) is 54.0 Å². The summed E-state index contributed by atoms with van der Waals surface area (Å²) in [6.07, 6.45) is 9.56. The molecule has 0 aliphatic carbocycles. The van der Waals surface area contributed by atoms with Crippen molar-refractivity contribution in [1.82, 2.24) is 19.9 Å². The van der Waals surface area contributed by atoms with Crippen LogP contribution in [0, 0.1) is 0 Å². The quantitative estimate of drug-likeness (QED) is 0.617. The number of rotatable bonds is 0. The Morgan fingerprint density at radius 1 is 0.818 bits per heavy atom. The normalized spacial score (nSPS) is 7.27. The third-order valence-corrected chi connectivity index (χ3v) is 0.744. The summed E-state index contributed by atoms with van der Waals surface area (Å²) in [6, 6.07) is 0. The first-order chi connectivity index (χ1) is 5.00. The maximum atomic E-state index is 3.61. The van der Waals surface area contributed by atoms with Gasteiger partial charge < -0.3 is 19.9 Å². The molecule has 0 aliphatic heterocycles. The molecule has 4 nitrogen and oxygen atoms in total. The van der Waals surface area contributed by atoms with Crippen molar-refractivity contribution in [1.29, 1.82) is 0 Å². The summed E-state index contributed by atoms with van der Waals surface area (Å²) in [7, 11) is 0. The SMILES string of the molecule is [Ba+2].c1c[n-]cn1.c1c[n-]cn1. The van der Waals surface area contributed by atoms with Gasteiger partial charge in [-0.1, -0.05) is 37.4 Å². The molecule has 0 N–H and O–H groups in total. The van der Waals surface area contributed by atoms with Gasteiger partial charge >= 0.3 is 48.9 Å². The van der Waals surface area contributed by atoms with Gasteiger partial charge in [-0.3, -0.25) is 0 Å². The summed E-state index contributed by atoms with van der Waals surface area (Å²) < 4.78 is 0. The minimum absolute atomic E-state index is 0. The third kappa shape index (κ3) is 6.39. The number of nitrogens with zero attached hydrogens (tertiary/aromatic N) is 4. The van der Waals surface area contributed by atoms with Crippen LogP contribution in [0.15, 0.2) is 37.4 Å². The van der Waals surface area contributed by atoms with Crippen molar-refractivity contribution in [2.45, 2.75) is 0 Å². The molecule has 5 heteroatoms. The van der Waals surface area contributed by atoms with E-state index in [-0.39, 0.29) is 48.9 Å². The van der Waals surface area contributed by atoms with Crippen LogP contribution >= 0.6 is 0 Å². The molecular formula is C6H6BaN4. The van der Waals surface area contributed by atoms with E-state index in [1.807, 2.05) is 0 Å². The van der Waals surface area contributed by atoms with E-state index in [1.165, 1.54) is 12.7 Å². The van der Waals surface area contributed by atoms with E-state index >= 15 is 0 Å². The second-order valence-corrected chi connectivity index (χ2v) is 1.42. The second-order valence-electron chi connectivity index (χ2n) is 1.42. The fourth-order valence-electron chi connectivity index (χ4n) is 0.385. The average Bonchev–Trinajstić information content (AvgIpc) is 2.67. The van der Waals surface area contributed by atoms with Crippen LogP contribution in [0.5, 0.6) is 0 Å². The summed E-state index contributed by atoms with van der Waals surface area (Å²) in [6.45, 7) is 0. The Hall–Kier alpha value is -0.00857. The Bertz CT molecular complexity index is 154. The molecule has 0 aromatic carbocycles. The molecule has 0 radical (unpaired) electrons. The van der Waals surface area contributed by atoms with Crippen LogP contribution in [-0.4, -0.2) is 58.8 Å². The van der Waals surface area contributed by atoms with Gasteiger partial charge in [-0.2, -0.15) is 0 Å². The Labute approximate surface area is 105 Å². The van der Waals surface area contributed by atoms with Crippen molar-refractivity contribution in [2.75, 3.05) is 0 Å². The van der Waals surface area contributed by atoms with Crippen molar-refractivity contribution >= 4 is 48.9 Å². The molecular weight excluding hydrogens is 265 g/mol. The van der Waals surface area contributed by atoms with E-state index in [9.17, 15) is 0 Å². The van der Waals surface area contributed by atoms with E-state index in [0.717, 1.165) is 0 Å². The van der Waals surface area contributed by atoms with Crippen LogP contribution in [0.4, 0.5) is 0 Å². The Morgan fingerprint density at radius 3 is 1.36 bits per heavy atom. The van der Waals surface area contributed by atoms with Crippen LogP contribution in [0.25, 0.3) is 0 Å². The molecule has 0 fully saturated rings. The van der Waals surface area contributed by atoms with Crippen LogP contribution in [0.1, 0.15) is 0 Å². The zero-order chi connectivity index (χ0) is 7.07. The number of imidazole rings is 2. The molecule has 0 spiro atoms. The van der Waals surface area contributed by atoms with Gasteiger partial charge in [0.2, 0.25) is 0 Å². The fraction of sp³-hybridized carbons (Fsp3) is 0. The van der Waals surface area contributed by atoms with Crippen molar-refractivity contribution in [2.24, 2.45) is 0 Å². The maximum Gasteiger partial charge on any atom is 2.00 e. The Balaban J connectivity index is 0.000000167. The van der Waals surface area contributed by atoms with Crippen molar-refractivity contribution in [3.63, 3.8) is 0 Å². The molecule has 52 valence electrons. The van der Waals surface area contributed by atoms with Crippen molar-refractivity contribution in [3.8, 4) is 0 Å². The van der Waals surface area contributed by atoms with Gasteiger partial charge in [0.15, 0.2) is 0 Å². The van der Waals surface area contributed by atoms with Crippen LogP contribution in [-0.2, 0) is 0 Å². The van der Waals surface area contributed by atoms with Crippen molar-refractivity contribution < 1.29 is 0 Å². The maximum absolute atomic E-state index is 3.61. The summed E-state index contributed by atoms with van der Waals surface area (Å²) in [5.41, 5.74) is 0. The van der Waals surface area contributed by atoms with E-state index in [4.69, 9.17) is 0 Å². The minimum Gasteiger partial charge on any atom is -0.450 e. The predicted molar refractivity (Wildman–Crippen MR) is 40.9 cm³/mol. The minimum atomic E-state index is 0. The zero-order valence-electron chi connectivity index (χ0n) is 5.96. The zero-order valence-corrected chi connectivity index (χ0v) is 10.4. The summed E-state index contributed by atoms with van der Waals surface area (Å²) in [4.78, 5) is 14.4. The summed E-state index contributed by atoms with van der Waals surface area (Å²) in [5, 5.41) is 0. The van der Waals surface area contributed by atoms with Gasteiger partial charge in [-0.05, 0) is 0 Å². The largest absolute Gasteiger partial charge is 2.00 e. The Kier molecular flexibility index (Phi) is 8.09. The fourth-order valence-corrected chi connectivity index (χ4v) is 0.385. The van der Waals surface area contributed by atoms with Gasteiger partial charge in [-0.25, -0.2) is 0 Å². The number of hydrogen-bond acceptors (Lipinski definition) is 2. The van der Waals surface area contributed by atoms with E-state index in [2.05, 4.69) is 19.9 Å².